The van der Waals surface area contributed by atoms with Crippen molar-refractivity contribution >= 4 is 22.6 Å². The molecule has 2 N–H and O–H groups in total. The van der Waals surface area contributed by atoms with Crippen molar-refractivity contribution in [1.29, 1.82) is 0 Å². The maximum atomic E-state index is 12.4. The van der Waals surface area contributed by atoms with Gasteiger partial charge in [0.05, 0.1) is 11.6 Å². The van der Waals surface area contributed by atoms with E-state index in [2.05, 4.69) is 11.2 Å². The SMILES string of the molecule is C#CC(CC)NC(=O)c1cccc2cccc(C(=O)O)c12. The van der Waals surface area contributed by atoms with Crippen LogP contribution in [-0.2, 0) is 0 Å². The van der Waals surface area contributed by atoms with Gasteiger partial charge in [0.1, 0.15) is 0 Å². The van der Waals surface area contributed by atoms with Gasteiger partial charge in [0.15, 0.2) is 0 Å². The summed E-state index contributed by atoms with van der Waals surface area (Å²) in [6.45, 7) is 1.87. The number of rotatable bonds is 4. The number of hydrogen-bond acceptors (Lipinski definition) is 2. The number of nitrogens with one attached hydrogen (secondary N) is 1. The van der Waals surface area contributed by atoms with Crippen molar-refractivity contribution in [3.05, 3.63) is 47.5 Å². The Morgan fingerprint density at radius 2 is 1.86 bits per heavy atom. The molecule has 21 heavy (non-hydrogen) atoms. The lowest BCUT2D eigenvalue weighted by Gasteiger charge is -2.13. The van der Waals surface area contributed by atoms with Crippen molar-refractivity contribution in [3.8, 4) is 12.3 Å². The zero-order chi connectivity index (χ0) is 15.4. The predicted molar refractivity (Wildman–Crippen MR) is 81.3 cm³/mol. The predicted octanol–water partition coefficient (Wildman–Crippen LogP) is 2.68. The number of fused-ring (bicyclic) bond motifs is 1. The molecule has 1 atom stereocenters. The Hall–Kier alpha value is -2.80. The molecule has 0 heterocycles. The van der Waals surface area contributed by atoms with E-state index in [1.54, 1.807) is 30.3 Å². The molecule has 0 radical (unpaired) electrons. The van der Waals surface area contributed by atoms with Crippen LogP contribution in [0.4, 0.5) is 0 Å². The maximum Gasteiger partial charge on any atom is 0.336 e. The van der Waals surface area contributed by atoms with Crippen LogP contribution in [0, 0.1) is 12.3 Å². The van der Waals surface area contributed by atoms with Crippen LogP contribution in [0.1, 0.15) is 34.1 Å². The third-order valence-corrected chi connectivity index (χ3v) is 3.29. The highest BCUT2D eigenvalue weighted by molar-refractivity contribution is 6.14. The van der Waals surface area contributed by atoms with Gasteiger partial charge in [0.25, 0.3) is 5.91 Å². The number of carbonyl (C=O) groups excluding carboxylic acids is 1. The number of carboxylic acid groups (broad SMARTS) is 1. The number of aromatic carboxylic acids is 1. The molecule has 0 spiro atoms. The van der Waals surface area contributed by atoms with E-state index in [9.17, 15) is 14.7 Å². The van der Waals surface area contributed by atoms with Gasteiger partial charge in [0, 0.05) is 10.9 Å². The van der Waals surface area contributed by atoms with Gasteiger partial charge in [-0.2, -0.15) is 0 Å². The maximum absolute atomic E-state index is 12.4. The highest BCUT2D eigenvalue weighted by Crippen LogP contribution is 2.23. The fraction of sp³-hybridized carbons (Fsp3) is 0.176. The van der Waals surface area contributed by atoms with Crippen molar-refractivity contribution < 1.29 is 14.7 Å². The topological polar surface area (TPSA) is 66.4 Å². The Balaban J connectivity index is 2.56. The summed E-state index contributed by atoms with van der Waals surface area (Å²) in [5.74, 6) is 1.06. The Bertz CT molecular complexity index is 738. The summed E-state index contributed by atoms with van der Waals surface area (Å²) in [5, 5.41) is 13.2. The first-order chi connectivity index (χ1) is 10.1. The Kier molecular flexibility index (Phi) is 4.24. The quantitative estimate of drug-likeness (QED) is 0.847. The summed E-state index contributed by atoms with van der Waals surface area (Å²) in [7, 11) is 0. The number of amides is 1. The second-order valence-electron chi connectivity index (χ2n) is 4.62. The molecule has 0 saturated carbocycles. The van der Waals surface area contributed by atoms with E-state index >= 15 is 0 Å². The highest BCUT2D eigenvalue weighted by atomic mass is 16.4. The van der Waals surface area contributed by atoms with Crippen molar-refractivity contribution in [2.75, 3.05) is 0 Å². The van der Waals surface area contributed by atoms with Crippen molar-refractivity contribution in [1.82, 2.24) is 5.32 Å². The van der Waals surface area contributed by atoms with Gasteiger partial charge in [-0.25, -0.2) is 4.79 Å². The Morgan fingerprint density at radius 1 is 1.24 bits per heavy atom. The Labute approximate surface area is 122 Å². The normalized spacial score (nSPS) is 11.6. The van der Waals surface area contributed by atoms with Gasteiger partial charge < -0.3 is 10.4 Å². The molecule has 106 valence electrons. The first kappa shape index (κ1) is 14.6. The summed E-state index contributed by atoms with van der Waals surface area (Å²) < 4.78 is 0. The van der Waals surface area contributed by atoms with E-state index in [-0.39, 0.29) is 17.5 Å². The Morgan fingerprint density at radius 3 is 2.38 bits per heavy atom. The third kappa shape index (κ3) is 2.87. The third-order valence-electron chi connectivity index (χ3n) is 3.29. The van der Waals surface area contributed by atoms with E-state index in [1.807, 2.05) is 6.92 Å². The van der Waals surface area contributed by atoms with Crippen LogP contribution in [-0.4, -0.2) is 23.0 Å². The lowest BCUT2D eigenvalue weighted by atomic mass is 9.98. The molecular weight excluding hydrogens is 266 g/mol. The van der Waals surface area contributed by atoms with Crippen LogP contribution in [0.3, 0.4) is 0 Å². The van der Waals surface area contributed by atoms with Crippen LogP contribution < -0.4 is 5.32 Å². The molecule has 0 aliphatic carbocycles. The van der Waals surface area contributed by atoms with Crippen LogP contribution in [0.25, 0.3) is 10.8 Å². The molecule has 0 saturated heterocycles. The van der Waals surface area contributed by atoms with Gasteiger partial charge in [0.2, 0.25) is 0 Å². The van der Waals surface area contributed by atoms with Crippen molar-refractivity contribution in [3.63, 3.8) is 0 Å². The fourth-order valence-electron chi connectivity index (χ4n) is 2.21. The average Bonchev–Trinajstić information content (AvgIpc) is 2.50. The van der Waals surface area contributed by atoms with E-state index in [0.29, 0.717) is 22.8 Å². The minimum absolute atomic E-state index is 0.104. The summed E-state index contributed by atoms with van der Waals surface area (Å²) in [6, 6.07) is 9.65. The highest BCUT2D eigenvalue weighted by Gasteiger charge is 2.17. The summed E-state index contributed by atoms with van der Waals surface area (Å²) in [6.07, 6.45) is 5.95. The first-order valence-electron chi connectivity index (χ1n) is 6.60. The number of hydrogen-bond donors (Lipinski definition) is 2. The second-order valence-corrected chi connectivity index (χ2v) is 4.62. The number of terminal acetylenes is 1. The minimum atomic E-state index is -1.06. The zero-order valence-electron chi connectivity index (χ0n) is 11.6. The lowest BCUT2D eigenvalue weighted by molar-refractivity contribution is 0.0699. The van der Waals surface area contributed by atoms with Crippen LogP contribution in [0.5, 0.6) is 0 Å². The average molecular weight is 281 g/mol. The summed E-state index contributed by atoms with van der Waals surface area (Å²) >= 11 is 0. The van der Waals surface area contributed by atoms with Gasteiger partial charge in [-0.1, -0.05) is 37.1 Å². The van der Waals surface area contributed by atoms with E-state index < -0.39 is 5.97 Å². The van der Waals surface area contributed by atoms with Gasteiger partial charge in [-0.05, 0) is 23.9 Å². The largest absolute Gasteiger partial charge is 0.478 e. The molecule has 1 unspecified atom stereocenters. The number of benzene rings is 2. The monoisotopic (exact) mass is 281 g/mol. The van der Waals surface area contributed by atoms with Gasteiger partial charge in [-0.15, -0.1) is 6.42 Å². The molecule has 4 nitrogen and oxygen atoms in total. The van der Waals surface area contributed by atoms with Crippen LogP contribution >= 0.6 is 0 Å². The van der Waals surface area contributed by atoms with Gasteiger partial charge >= 0.3 is 5.97 Å². The standard InChI is InChI=1S/C17H15NO3/c1-3-12(4-2)18-16(19)13-9-5-7-11-8-6-10-14(15(11)13)17(20)21/h1,5-10,12H,4H2,2H3,(H,18,19)(H,20,21). The molecular formula is C17H15NO3. The molecule has 4 heteroatoms. The smallest absolute Gasteiger partial charge is 0.336 e. The van der Waals surface area contributed by atoms with E-state index in [0.717, 1.165) is 0 Å². The molecule has 0 aliphatic heterocycles. The van der Waals surface area contributed by atoms with Crippen molar-refractivity contribution in [2.24, 2.45) is 0 Å². The van der Waals surface area contributed by atoms with Gasteiger partial charge in [-0.3, -0.25) is 4.79 Å². The summed E-state index contributed by atoms with van der Waals surface area (Å²) in [4.78, 5) is 23.7. The first-order valence-corrected chi connectivity index (χ1v) is 6.60. The molecule has 0 aliphatic rings. The molecule has 2 rings (SSSR count). The molecule has 0 bridgehead atoms. The number of carbonyl (C=O) groups is 2. The second kappa shape index (κ2) is 6.10. The summed E-state index contributed by atoms with van der Waals surface area (Å²) in [5.41, 5.74) is 0.422. The molecule has 0 aromatic heterocycles. The molecule has 1 amide bonds. The van der Waals surface area contributed by atoms with Crippen LogP contribution in [0.15, 0.2) is 36.4 Å². The zero-order valence-corrected chi connectivity index (χ0v) is 11.6. The molecule has 0 fully saturated rings. The van der Waals surface area contributed by atoms with E-state index in [1.165, 1.54) is 6.07 Å². The number of carboxylic acids is 1. The lowest BCUT2D eigenvalue weighted by Crippen LogP contribution is -2.33. The molecule has 2 aromatic rings. The van der Waals surface area contributed by atoms with Crippen molar-refractivity contribution in [2.45, 2.75) is 19.4 Å². The minimum Gasteiger partial charge on any atom is -0.478 e. The molecule has 2 aromatic carbocycles. The fourth-order valence-corrected chi connectivity index (χ4v) is 2.21. The van der Waals surface area contributed by atoms with Crippen LogP contribution in [0.2, 0.25) is 0 Å². The van der Waals surface area contributed by atoms with E-state index in [4.69, 9.17) is 6.42 Å².